The van der Waals surface area contributed by atoms with Gasteiger partial charge in [-0.25, -0.2) is 4.98 Å². The van der Waals surface area contributed by atoms with Crippen molar-refractivity contribution < 1.29 is 0 Å². The molecule has 0 saturated heterocycles. The van der Waals surface area contributed by atoms with E-state index in [1.165, 1.54) is 11.3 Å². The number of anilines is 2. The van der Waals surface area contributed by atoms with Crippen LogP contribution in [0.3, 0.4) is 0 Å². The van der Waals surface area contributed by atoms with Crippen LogP contribution in [0, 0.1) is 29.6 Å². The van der Waals surface area contributed by atoms with Gasteiger partial charge in [0.2, 0.25) is 0 Å². The summed E-state index contributed by atoms with van der Waals surface area (Å²) in [6, 6.07) is 4.51. The molecule has 3 rings (SSSR count). The Labute approximate surface area is 156 Å². The van der Waals surface area contributed by atoms with Gasteiger partial charge in [0.1, 0.15) is 33.5 Å². The molecule has 0 fully saturated rings. The molecule has 0 aliphatic carbocycles. The number of aromatic nitrogens is 2. The van der Waals surface area contributed by atoms with E-state index in [1.54, 1.807) is 6.20 Å². The van der Waals surface area contributed by atoms with Gasteiger partial charge in [0.05, 0.1) is 28.6 Å². The highest BCUT2D eigenvalue weighted by molar-refractivity contribution is 7.16. The highest BCUT2D eigenvalue weighted by Gasteiger charge is 2.29. The van der Waals surface area contributed by atoms with E-state index in [1.807, 2.05) is 27.7 Å². The Bertz CT molecular complexity index is 936. The van der Waals surface area contributed by atoms with Crippen LogP contribution in [0.2, 0.25) is 0 Å². The second-order valence-electron chi connectivity index (χ2n) is 6.70. The molecule has 0 radical (unpaired) electrons. The molecule has 0 bridgehead atoms. The van der Waals surface area contributed by atoms with Gasteiger partial charge in [-0.05, 0) is 27.7 Å². The van der Waals surface area contributed by atoms with Crippen LogP contribution in [0.15, 0.2) is 11.2 Å². The second-order valence-corrected chi connectivity index (χ2v) is 7.70. The van der Waals surface area contributed by atoms with E-state index in [4.69, 9.17) is 0 Å². The van der Waals surface area contributed by atoms with Crippen molar-refractivity contribution in [2.24, 2.45) is 4.99 Å². The van der Waals surface area contributed by atoms with Crippen LogP contribution in [-0.4, -0.2) is 28.4 Å². The van der Waals surface area contributed by atoms with Crippen molar-refractivity contribution in [3.05, 3.63) is 28.0 Å². The number of nitrogens with one attached hydrogen (secondary N) is 3. The van der Waals surface area contributed by atoms with Crippen molar-refractivity contribution in [2.75, 3.05) is 17.2 Å². The van der Waals surface area contributed by atoms with E-state index >= 15 is 0 Å². The summed E-state index contributed by atoms with van der Waals surface area (Å²) in [5.74, 6) is 0.803. The van der Waals surface area contributed by atoms with Crippen molar-refractivity contribution in [1.29, 1.82) is 10.5 Å². The summed E-state index contributed by atoms with van der Waals surface area (Å²) in [7, 11) is 0. The number of thiazole rings is 1. The van der Waals surface area contributed by atoms with Gasteiger partial charge < -0.3 is 15.6 Å². The molecule has 0 saturated carbocycles. The van der Waals surface area contributed by atoms with E-state index in [2.05, 4.69) is 37.7 Å². The van der Waals surface area contributed by atoms with Crippen molar-refractivity contribution in [2.45, 2.75) is 45.7 Å². The normalized spacial score (nSPS) is 17.9. The van der Waals surface area contributed by atoms with Gasteiger partial charge in [0.15, 0.2) is 0 Å². The third-order valence-corrected chi connectivity index (χ3v) is 5.68. The predicted molar refractivity (Wildman–Crippen MR) is 104 cm³/mol. The summed E-state index contributed by atoms with van der Waals surface area (Å²) < 4.78 is 0. The third kappa shape index (κ3) is 3.16. The maximum Gasteiger partial charge on any atom is 0.115 e. The van der Waals surface area contributed by atoms with Gasteiger partial charge in [-0.3, -0.25) is 4.99 Å². The fraction of sp³-hybridized carbons (Fsp3) is 0.444. The predicted octanol–water partition coefficient (Wildman–Crippen LogP) is 3.52. The molecule has 0 spiro atoms. The van der Waals surface area contributed by atoms with Crippen LogP contribution in [0.1, 0.15) is 49.0 Å². The van der Waals surface area contributed by atoms with Crippen molar-refractivity contribution in [3.63, 3.8) is 0 Å². The zero-order valence-corrected chi connectivity index (χ0v) is 16.1. The summed E-state index contributed by atoms with van der Waals surface area (Å²) in [5, 5.41) is 27.2. The van der Waals surface area contributed by atoms with Crippen LogP contribution < -0.4 is 10.6 Å². The molecule has 7 nitrogen and oxygen atoms in total. The minimum atomic E-state index is -0.613. The maximum absolute atomic E-state index is 9.34. The summed E-state index contributed by atoms with van der Waals surface area (Å²) in [5.41, 5.74) is 2.64. The molecule has 8 heteroatoms. The monoisotopic (exact) mass is 367 g/mol. The van der Waals surface area contributed by atoms with E-state index < -0.39 is 5.41 Å². The van der Waals surface area contributed by atoms with E-state index in [0.29, 0.717) is 18.5 Å². The number of nitriles is 2. The quantitative estimate of drug-likeness (QED) is 0.765. The highest BCUT2D eigenvalue weighted by Crippen LogP contribution is 2.34. The highest BCUT2D eigenvalue weighted by atomic mass is 32.1. The number of hydrogen-bond donors (Lipinski definition) is 3. The number of fused-ring (bicyclic) bond motifs is 1. The molecule has 1 aliphatic rings. The largest absolute Gasteiger partial charge is 0.355 e. The fourth-order valence-corrected chi connectivity index (χ4v) is 3.94. The molecule has 1 unspecified atom stereocenters. The van der Waals surface area contributed by atoms with Gasteiger partial charge >= 0.3 is 0 Å². The molecule has 1 atom stereocenters. The lowest BCUT2D eigenvalue weighted by Gasteiger charge is -2.27. The average Bonchev–Trinajstić information content (AvgIpc) is 3.19. The maximum atomic E-state index is 9.34. The van der Waals surface area contributed by atoms with Crippen molar-refractivity contribution in [3.8, 4) is 12.1 Å². The first kappa shape index (κ1) is 18.0. The molecule has 26 heavy (non-hydrogen) atoms. The van der Waals surface area contributed by atoms with Crippen molar-refractivity contribution >= 4 is 27.9 Å². The summed E-state index contributed by atoms with van der Waals surface area (Å²) >= 11 is 1.50. The number of aryl methyl sites for hydroxylation is 1. The minimum Gasteiger partial charge on any atom is -0.355 e. The molecular weight excluding hydrogens is 346 g/mol. The summed E-state index contributed by atoms with van der Waals surface area (Å²) in [6.45, 7) is 8.33. The van der Waals surface area contributed by atoms with Gasteiger partial charge in [0.25, 0.3) is 0 Å². The molecular formula is C18H21N7S. The van der Waals surface area contributed by atoms with E-state index in [0.717, 1.165) is 32.8 Å². The lowest BCUT2D eigenvalue weighted by atomic mass is 9.97. The van der Waals surface area contributed by atoms with Gasteiger partial charge in [0, 0.05) is 19.2 Å². The number of hydrogen-bond acceptors (Lipinski definition) is 7. The number of rotatable bonds is 4. The smallest absolute Gasteiger partial charge is 0.115 e. The van der Waals surface area contributed by atoms with Gasteiger partial charge in [-0.2, -0.15) is 10.5 Å². The SMILES string of the molecule is CCN=C1CC(Nc2sc(C(C)(C)C#N)nc2C)Nc2[nH]cc(C#N)c21. The number of H-pyrrole nitrogens is 1. The first-order valence-corrected chi connectivity index (χ1v) is 9.28. The Hall–Kier alpha value is -2.84. The molecule has 0 amide bonds. The summed E-state index contributed by atoms with van der Waals surface area (Å²) in [4.78, 5) is 12.3. The average molecular weight is 367 g/mol. The lowest BCUT2D eigenvalue weighted by Crippen LogP contribution is -2.36. The van der Waals surface area contributed by atoms with Gasteiger partial charge in [-0.1, -0.05) is 11.3 Å². The van der Waals surface area contributed by atoms with E-state index in [-0.39, 0.29) is 6.17 Å². The molecule has 0 aromatic carbocycles. The number of nitrogens with zero attached hydrogens (tertiary/aromatic N) is 4. The molecule has 134 valence electrons. The van der Waals surface area contributed by atoms with Crippen LogP contribution in [0.4, 0.5) is 10.8 Å². The first-order chi connectivity index (χ1) is 12.4. The van der Waals surface area contributed by atoms with Crippen molar-refractivity contribution in [1.82, 2.24) is 9.97 Å². The fourth-order valence-electron chi connectivity index (χ4n) is 2.87. The van der Waals surface area contributed by atoms with Crippen LogP contribution >= 0.6 is 11.3 Å². The van der Waals surface area contributed by atoms with Crippen LogP contribution in [0.25, 0.3) is 0 Å². The zero-order chi connectivity index (χ0) is 18.9. The van der Waals surface area contributed by atoms with Crippen LogP contribution in [0.5, 0.6) is 0 Å². The topological polar surface area (TPSA) is 113 Å². The molecule has 2 aromatic heterocycles. The number of aromatic amines is 1. The van der Waals surface area contributed by atoms with E-state index in [9.17, 15) is 10.5 Å². The van der Waals surface area contributed by atoms with Gasteiger partial charge in [-0.15, -0.1) is 0 Å². The Morgan fingerprint density at radius 2 is 2.23 bits per heavy atom. The Morgan fingerprint density at radius 1 is 1.46 bits per heavy atom. The first-order valence-electron chi connectivity index (χ1n) is 8.47. The Kier molecular flexibility index (Phi) is 4.71. The standard InChI is InChI=1S/C18H21N7S/c1-5-21-12-6-13(24-15-14(12)11(7-19)8-22-15)25-16-10(2)23-17(26-16)18(3,4)9-20/h8,13,22,24-25H,5-6H2,1-4H3. The Balaban J connectivity index is 1.88. The Morgan fingerprint density at radius 3 is 2.88 bits per heavy atom. The number of aliphatic imine (C=N–C) groups is 1. The molecule has 1 aliphatic heterocycles. The molecule has 2 aromatic rings. The van der Waals surface area contributed by atoms with Crippen LogP contribution in [-0.2, 0) is 5.41 Å². The second kappa shape index (κ2) is 6.81. The molecule has 3 heterocycles. The third-order valence-electron chi connectivity index (χ3n) is 4.27. The lowest BCUT2D eigenvalue weighted by molar-refractivity contribution is 0.677. The zero-order valence-electron chi connectivity index (χ0n) is 15.3. The minimum absolute atomic E-state index is 0.0739. The summed E-state index contributed by atoms with van der Waals surface area (Å²) in [6.07, 6.45) is 2.29. The molecule has 3 N–H and O–H groups in total.